The Hall–Kier alpha value is -1.39. The molecule has 0 atom stereocenters. The summed E-state index contributed by atoms with van der Waals surface area (Å²) in [5.41, 5.74) is -0.651. The second kappa shape index (κ2) is 3.55. The largest absolute Gasteiger partial charge is 0.461 e. The Morgan fingerprint density at radius 1 is 1.53 bits per heavy atom. The van der Waals surface area contributed by atoms with Crippen molar-refractivity contribution in [3.8, 4) is 0 Å². The first-order chi connectivity index (χ1) is 7.79. The number of ether oxygens (including phenoxy) is 1. The van der Waals surface area contributed by atoms with Gasteiger partial charge in [0.1, 0.15) is 5.69 Å². The fourth-order valence-electron chi connectivity index (χ4n) is 2.15. The van der Waals surface area contributed by atoms with Gasteiger partial charge in [-0.3, -0.25) is 0 Å². The third kappa shape index (κ3) is 1.64. The maximum Gasteiger partial charge on any atom is 0.354 e. The molecule has 0 radical (unpaired) electrons. The van der Waals surface area contributed by atoms with Crippen molar-refractivity contribution in [2.45, 2.75) is 33.1 Å². The van der Waals surface area contributed by atoms with Gasteiger partial charge in [0.25, 0.3) is 5.92 Å². The number of carbonyl (C=O) groups is 1. The zero-order chi connectivity index (χ0) is 12.8. The summed E-state index contributed by atoms with van der Waals surface area (Å²) in [5.74, 6) is -3.50. The van der Waals surface area contributed by atoms with E-state index < -0.39 is 17.3 Å². The predicted molar refractivity (Wildman–Crippen MR) is 58.1 cm³/mol. The smallest absolute Gasteiger partial charge is 0.354 e. The minimum atomic E-state index is -2.91. The van der Waals surface area contributed by atoms with Crippen molar-refractivity contribution in [3.63, 3.8) is 0 Å². The number of rotatable bonds is 2. The summed E-state index contributed by atoms with van der Waals surface area (Å²) in [7, 11) is 0. The van der Waals surface area contributed by atoms with Crippen molar-refractivity contribution in [2.24, 2.45) is 5.41 Å². The van der Waals surface area contributed by atoms with Crippen molar-refractivity contribution in [1.29, 1.82) is 0 Å². The highest BCUT2D eigenvalue weighted by molar-refractivity contribution is 5.88. The summed E-state index contributed by atoms with van der Waals surface area (Å²) in [5, 5.41) is 0. The van der Waals surface area contributed by atoms with Gasteiger partial charge in [0.2, 0.25) is 0 Å². The summed E-state index contributed by atoms with van der Waals surface area (Å²) in [6, 6.07) is 1.21. The number of H-pyrrole nitrogens is 1. The number of aromatic nitrogens is 1. The quantitative estimate of drug-likeness (QED) is 0.811. The van der Waals surface area contributed by atoms with Gasteiger partial charge in [-0.05, 0) is 19.4 Å². The first kappa shape index (κ1) is 12.1. The van der Waals surface area contributed by atoms with Crippen LogP contribution in [0.5, 0.6) is 0 Å². The van der Waals surface area contributed by atoms with Gasteiger partial charge in [-0.2, -0.15) is 0 Å². The first-order valence-electron chi connectivity index (χ1n) is 5.57. The Morgan fingerprint density at radius 3 is 2.71 bits per heavy atom. The molecule has 0 fully saturated rings. The Morgan fingerprint density at radius 2 is 2.18 bits per heavy atom. The maximum absolute atomic E-state index is 14.0. The highest BCUT2D eigenvalue weighted by Crippen LogP contribution is 2.53. The maximum atomic E-state index is 14.0. The van der Waals surface area contributed by atoms with Gasteiger partial charge in [0.05, 0.1) is 6.61 Å². The number of hydrogen-bond donors (Lipinski definition) is 1. The molecule has 0 saturated carbocycles. The average molecular weight is 243 g/mol. The first-order valence-corrected chi connectivity index (χ1v) is 5.57. The van der Waals surface area contributed by atoms with E-state index in [1.165, 1.54) is 19.9 Å². The van der Waals surface area contributed by atoms with Gasteiger partial charge in [0, 0.05) is 16.7 Å². The molecule has 1 aliphatic rings. The Labute approximate surface area is 98.2 Å². The van der Waals surface area contributed by atoms with Crippen LogP contribution in [0.1, 0.15) is 42.5 Å². The van der Waals surface area contributed by atoms with Gasteiger partial charge in [-0.25, -0.2) is 13.6 Å². The van der Waals surface area contributed by atoms with Crippen molar-refractivity contribution >= 4 is 5.97 Å². The molecule has 17 heavy (non-hydrogen) atoms. The van der Waals surface area contributed by atoms with Crippen molar-refractivity contribution in [2.75, 3.05) is 6.61 Å². The standard InChI is InChI=1S/C12H15F2NO2/c1-4-17-10(16)8-5-7-9(15-8)6-11(2,3)12(7,13)14/h5,15H,4,6H2,1-3H3. The number of esters is 1. The van der Waals surface area contributed by atoms with E-state index in [2.05, 4.69) is 4.98 Å². The minimum absolute atomic E-state index is 0.0782. The van der Waals surface area contributed by atoms with Crippen LogP contribution in [0.25, 0.3) is 0 Å². The molecular weight excluding hydrogens is 228 g/mol. The van der Waals surface area contributed by atoms with Crippen molar-refractivity contribution in [1.82, 2.24) is 4.98 Å². The van der Waals surface area contributed by atoms with Gasteiger partial charge in [-0.1, -0.05) is 13.8 Å². The van der Waals surface area contributed by atoms with Gasteiger partial charge in [0.15, 0.2) is 0 Å². The van der Waals surface area contributed by atoms with E-state index in [-0.39, 0.29) is 24.3 Å². The Balaban J connectivity index is 2.36. The molecule has 1 aromatic rings. The second-order valence-electron chi connectivity index (χ2n) is 4.93. The molecule has 0 saturated heterocycles. The summed E-state index contributed by atoms with van der Waals surface area (Å²) >= 11 is 0. The number of hydrogen-bond acceptors (Lipinski definition) is 2. The highest BCUT2D eigenvalue weighted by atomic mass is 19.3. The molecule has 94 valence electrons. The van der Waals surface area contributed by atoms with Crippen molar-refractivity contribution < 1.29 is 18.3 Å². The lowest BCUT2D eigenvalue weighted by atomic mass is 9.86. The molecule has 0 spiro atoms. The SMILES string of the molecule is CCOC(=O)c1cc2c([nH]1)CC(C)(C)C2(F)F. The fraction of sp³-hybridized carbons (Fsp3) is 0.583. The molecule has 0 aromatic carbocycles. The molecule has 5 heteroatoms. The van der Waals surface area contributed by atoms with E-state index in [0.717, 1.165) is 0 Å². The Bertz CT molecular complexity index is 463. The van der Waals surface area contributed by atoms with Crippen LogP contribution < -0.4 is 0 Å². The molecule has 0 unspecified atom stereocenters. The molecule has 1 aromatic heterocycles. The van der Waals surface area contributed by atoms with Crippen LogP contribution in [-0.2, 0) is 17.1 Å². The van der Waals surface area contributed by atoms with Crippen molar-refractivity contribution in [3.05, 3.63) is 23.0 Å². The summed E-state index contributed by atoms with van der Waals surface area (Å²) < 4.78 is 32.8. The van der Waals surface area contributed by atoms with E-state index >= 15 is 0 Å². The lowest BCUT2D eigenvalue weighted by Crippen LogP contribution is -2.29. The molecule has 1 aliphatic carbocycles. The zero-order valence-electron chi connectivity index (χ0n) is 10.1. The van der Waals surface area contributed by atoms with E-state index in [4.69, 9.17) is 4.74 Å². The number of aromatic amines is 1. The summed E-state index contributed by atoms with van der Waals surface area (Å²) in [4.78, 5) is 14.2. The van der Waals surface area contributed by atoms with Crippen LogP contribution >= 0.6 is 0 Å². The van der Waals surface area contributed by atoms with Gasteiger partial charge in [-0.15, -0.1) is 0 Å². The molecule has 0 bridgehead atoms. The number of alkyl halides is 2. The van der Waals surface area contributed by atoms with E-state index in [1.807, 2.05) is 0 Å². The van der Waals surface area contributed by atoms with E-state index in [0.29, 0.717) is 5.69 Å². The van der Waals surface area contributed by atoms with Gasteiger partial charge >= 0.3 is 5.97 Å². The molecule has 0 amide bonds. The molecule has 3 nitrogen and oxygen atoms in total. The summed E-state index contributed by atoms with van der Waals surface area (Å²) in [6.45, 7) is 4.94. The Kier molecular flexibility index (Phi) is 2.52. The molecule has 1 heterocycles. The topological polar surface area (TPSA) is 42.1 Å². The lowest BCUT2D eigenvalue weighted by Gasteiger charge is -2.26. The summed E-state index contributed by atoms with van der Waals surface area (Å²) in [6.07, 6.45) is 0.231. The van der Waals surface area contributed by atoms with Crippen LogP contribution in [0.2, 0.25) is 0 Å². The molecular formula is C12H15F2NO2. The van der Waals surface area contributed by atoms with E-state index in [1.54, 1.807) is 6.92 Å². The fourth-order valence-corrected chi connectivity index (χ4v) is 2.15. The second-order valence-corrected chi connectivity index (χ2v) is 4.93. The number of carbonyl (C=O) groups excluding carboxylic acids is 1. The normalized spacial score (nSPS) is 20.1. The number of nitrogens with one attached hydrogen (secondary N) is 1. The lowest BCUT2D eigenvalue weighted by molar-refractivity contribution is -0.0987. The van der Waals surface area contributed by atoms with Gasteiger partial charge < -0.3 is 9.72 Å². The van der Waals surface area contributed by atoms with Crippen LogP contribution in [0.3, 0.4) is 0 Å². The molecule has 2 rings (SSSR count). The van der Waals surface area contributed by atoms with Crippen LogP contribution in [0.4, 0.5) is 8.78 Å². The van der Waals surface area contributed by atoms with Crippen LogP contribution in [-0.4, -0.2) is 17.6 Å². The third-order valence-corrected chi connectivity index (χ3v) is 3.20. The van der Waals surface area contributed by atoms with Crippen LogP contribution in [0, 0.1) is 5.41 Å². The minimum Gasteiger partial charge on any atom is -0.461 e. The number of fused-ring (bicyclic) bond motifs is 1. The number of halogens is 2. The zero-order valence-corrected chi connectivity index (χ0v) is 10.1. The molecule has 1 N–H and O–H groups in total. The van der Waals surface area contributed by atoms with Crippen LogP contribution in [0.15, 0.2) is 6.07 Å². The van der Waals surface area contributed by atoms with E-state index in [9.17, 15) is 13.6 Å². The predicted octanol–water partition coefficient (Wildman–Crippen LogP) is 2.87. The molecule has 0 aliphatic heterocycles. The average Bonchev–Trinajstić information content (AvgIpc) is 2.67. The monoisotopic (exact) mass is 243 g/mol. The highest BCUT2D eigenvalue weighted by Gasteiger charge is 2.55. The third-order valence-electron chi connectivity index (χ3n) is 3.20.